The van der Waals surface area contributed by atoms with Gasteiger partial charge in [-0.05, 0) is 74.7 Å². The Labute approximate surface area is 152 Å². The number of piperazine rings is 1. The second kappa shape index (κ2) is 7.63. The van der Waals surface area contributed by atoms with Crippen molar-refractivity contribution >= 4 is 0 Å². The molecule has 1 saturated heterocycles. The maximum atomic E-state index is 3.83. The van der Waals surface area contributed by atoms with Crippen LogP contribution in [0.15, 0.2) is 0 Å². The van der Waals surface area contributed by atoms with Gasteiger partial charge in [0.2, 0.25) is 0 Å². The molecule has 144 valence electrons. The molecule has 0 aliphatic carbocycles. The van der Waals surface area contributed by atoms with Crippen molar-refractivity contribution in [2.24, 2.45) is 0 Å². The van der Waals surface area contributed by atoms with Crippen LogP contribution in [0.3, 0.4) is 0 Å². The van der Waals surface area contributed by atoms with E-state index in [2.05, 4.69) is 84.4 Å². The van der Waals surface area contributed by atoms with Gasteiger partial charge in [0.05, 0.1) is 0 Å². The van der Waals surface area contributed by atoms with Crippen molar-refractivity contribution < 1.29 is 0 Å². The lowest BCUT2D eigenvalue weighted by Crippen LogP contribution is -2.62. The summed E-state index contributed by atoms with van der Waals surface area (Å²) in [5.74, 6) is 0. The standard InChI is InChI=1S/C21H45N3/c1-11-20(8,9)23-13-15-24(16-14-23)21(10,12-2)17-19(6,7)22-18(3,4)5/h22H,11-17H2,1-10H3. The molecule has 1 heterocycles. The van der Waals surface area contributed by atoms with Crippen molar-refractivity contribution in [3.63, 3.8) is 0 Å². The maximum Gasteiger partial charge on any atom is 0.0197 e. The Kier molecular flexibility index (Phi) is 6.97. The number of nitrogens with one attached hydrogen (secondary N) is 1. The molecule has 3 heteroatoms. The SMILES string of the molecule is CCC(C)(C)N1CCN(C(C)(CC)CC(C)(C)NC(C)(C)C)CC1. The first-order chi connectivity index (χ1) is 10.7. The van der Waals surface area contributed by atoms with Gasteiger partial charge in [0.1, 0.15) is 0 Å². The van der Waals surface area contributed by atoms with E-state index in [0.717, 1.165) is 0 Å². The van der Waals surface area contributed by atoms with Gasteiger partial charge in [-0.2, -0.15) is 0 Å². The summed E-state index contributed by atoms with van der Waals surface area (Å²) in [7, 11) is 0. The highest BCUT2D eigenvalue weighted by Gasteiger charge is 2.39. The normalized spacial score (nSPS) is 21.8. The summed E-state index contributed by atoms with van der Waals surface area (Å²) < 4.78 is 0. The van der Waals surface area contributed by atoms with E-state index in [1.54, 1.807) is 0 Å². The van der Waals surface area contributed by atoms with E-state index in [1.165, 1.54) is 45.4 Å². The first kappa shape index (κ1) is 21.9. The molecule has 24 heavy (non-hydrogen) atoms. The Hall–Kier alpha value is -0.120. The van der Waals surface area contributed by atoms with Crippen LogP contribution in [0.5, 0.6) is 0 Å². The summed E-state index contributed by atoms with van der Waals surface area (Å²) >= 11 is 0. The van der Waals surface area contributed by atoms with Gasteiger partial charge in [-0.25, -0.2) is 0 Å². The summed E-state index contributed by atoms with van der Waals surface area (Å²) in [6, 6.07) is 0. The highest BCUT2D eigenvalue weighted by Crippen LogP contribution is 2.32. The topological polar surface area (TPSA) is 18.5 Å². The second-order valence-corrected chi connectivity index (χ2v) is 10.4. The minimum Gasteiger partial charge on any atom is -0.307 e. The fraction of sp³-hybridized carbons (Fsp3) is 1.00. The van der Waals surface area contributed by atoms with E-state index < -0.39 is 0 Å². The lowest BCUT2D eigenvalue weighted by Gasteiger charge is -2.52. The molecule has 0 saturated carbocycles. The Morgan fingerprint density at radius 3 is 1.54 bits per heavy atom. The van der Waals surface area contributed by atoms with Crippen LogP contribution in [0.4, 0.5) is 0 Å². The number of hydrogen-bond acceptors (Lipinski definition) is 3. The summed E-state index contributed by atoms with van der Waals surface area (Å²) in [4.78, 5) is 5.43. The molecule has 1 unspecified atom stereocenters. The zero-order valence-corrected chi connectivity index (χ0v) is 18.3. The van der Waals surface area contributed by atoms with E-state index in [-0.39, 0.29) is 16.6 Å². The Bertz CT molecular complexity index is 386. The molecule has 1 N–H and O–H groups in total. The van der Waals surface area contributed by atoms with Crippen LogP contribution in [0.2, 0.25) is 0 Å². The van der Waals surface area contributed by atoms with Gasteiger partial charge in [0.25, 0.3) is 0 Å². The average molecular weight is 340 g/mol. The predicted octanol–water partition coefficient (Wildman–Crippen LogP) is 4.52. The Morgan fingerprint density at radius 2 is 1.17 bits per heavy atom. The van der Waals surface area contributed by atoms with Crippen LogP contribution < -0.4 is 5.32 Å². The van der Waals surface area contributed by atoms with Gasteiger partial charge >= 0.3 is 0 Å². The summed E-state index contributed by atoms with van der Waals surface area (Å²) in [6.07, 6.45) is 3.62. The summed E-state index contributed by atoms with van der Waals surface area (Å²) in [6.45, 7) is 28.2. The zero-order valence-electron chi connectivity index (χ0n) is 18.3. The van der Waals surface area contributed by atoms with Gasteiger partial charge in [-0.1, -0.05) is 13.8 Å². The molecule has 0 radical (unpaired) electrons. The highest BCUT2D eigenvalue weighted by molar-refractivity contribution is 4.98. The molecule has 0 aromatic carbocycles. The summed E-state index contributed by atoms with van der Waals surface area (Å²) in [5, 5.41) is 3.83. The number of hydrogen-bond donors (Lipinski definition) is 1. The van der Waals surface area contributed by atoms with Crippen LogP contribution in [0.1, 0.15) is 88.5 Å². The molecule has 1 atom stereocenters. The van der Waals surface area contributed by atoms with Crippen molar-refractivity contribution in [3.05, 3.63) is 0 Å². The van der Waals surface area contributed by atoms with Crippen LogP contribution in [0.25, 0.3) is 0 Å². The molecule has 1 aliphatic heterocycles. The Balaban J connectivity index is 2.76. The molecule has 1 fully saturated rings. The third-order valence-electron chi connectivity index (χ3n) is 6.06. The summed E-state index contributed by atoms with van der Waals surface area (Å²) in [5.41, 5.74) is 0.900. The molecule has 1 rings (SSSR count). The van der Waals surface area contributed by atoms with E-state index in [1.807, 2.05) is 0 Å². The van der Waals surface area contributed by atoms with Gasteiger partial charge in [-0.15, -0.1) is 0 Å². The van der Waals surface area contributed by atoms with Crippen LogP contribution in [-0.4, -0.2) is 58.1 Å². The molecule has 0 aromatic rings. The number of nitrogens with zero attached hydrogens (tertiary/aromatic N) is 2. The van der Waals surface area contributed by atoms with Gasteiger partial charge in [-0.3, -0.25) is 9.80 Å². The van der Waals surface area contributed by atoms with Crippen molar-refractivity contribution in [2.75, 3.05) is 26.2 Å². The lowest BCUT2D eigenvalue weighted by atomic mass is 9.80. The highest BCUT2D eigenvalue weighted by atomic mass is 15.3. The molecule has 3 nitrogen and oxygen atoms in total. The Morgan fingerprint density at radius 1 is 0.708 bits per heavy atom. The van der Waals surface area contributed by atoms with Crippen molar-refractivity contribution in [1.29, 1.82) is 0 Å². The molecule has 0 bridgehead atoms. The van der Waals surface area contributed by atoms with Crippen LogP contribution in [0, 0.1) is 0 Å². The maximum absolute atomic E-state index is 3.83. The van der Waals surface area contributed by atoms with Crippen molar-refractivity contribution in [1.82, 2.24) is 15.1 Å². The van der Waals surface area contributed by atoms with Gasteiger partial charge in [0.15, 0.2) is 0 Å². The fourth-order valence-electron chi connectivity index (χ4n) is 4.55. The minimum absolute atomic E-state index is 0.142. The minimum atomic E-state index is 0.142. The first-order valence-electron chi connectivity index (χ1n) is 10.0. The molecule has 0 aromatic heterocycles. The molecule has 0 spiro atoms. The average Bonchev–Trinajstić information content (AvgIpc) is 2.44. The fourth-order valence-corrected chi connectivity index (χ4v) is 4.55. The smallest absolute Gasteiger partial charge is 0.0197 e. The van der Waals surface area contributed by atoms with Crippen LogP contribution in [-0.2, 0) is 0 Å². The first-order valence-corrected chi connectivity index (χ1v) is 10.0. The van der Waals surface area contributed by atoms with E-state index in [4.69, 9.17) is 0 Å². The quantitative estimate of drug-likeness (QED) is 0.736. The third kappa shape index (κ3) is 6.00. The molecule has 1 aliphatic rings. The van der Waals surface area contributed by atoms with Crippen LogP contribution >= 0.6 is 0 Å². The van der Waals surface area contributed by atoms with Gasteiger partial charge in [0, 0.05) is 48.3 Å². The second-order valence-electron chi connectivity index (χ2n) is 10.4. The van der Waals surface area contributed by atoms with Crippen molar-refractivity contribution in [2.45, 2.75) is 111 Å². The third-order valence-corrected chi connectivity index (χ3v) is 6.06. The molecule has 0 amide bonds. The number of rotatable bonds is 7. The van der Waals surface area contributed by atoms with E-state index >= 15 is 0 Å². The van der Waals surface area contributed by atoms with Gasteiger partial charge < -0.3 is 5.32 Å². The lowest BCUT2D eigenvalue weighted by molar-refractivity contribution is -0.0140. The molecular weight excluding hydrogens is 294 g/mol. The molecular formula is C21H45N3. The monoisotopic (exact) mass is 339 g/mol. The van der Waals surface area contributed by atoms with Crippen molar-refractivity contribution in [3.8, 4) is 0 Å². The van der Waals surface area contributed by atoms with E-state index in [9.17, 15) is 0 Å². The van der Waals surface area contributed by atoms with E-state index in [0.29, 0.717) is 5.54 Å². The predicted molar refractivity (Wildman–Crippen MR) is 108 cm³/mol. The zero-order chi connectivity index (χ0) is 18.8. The largest absolute Gasteiger partial charge is 0.307 e.